The van der Waals surface area contributed by atoms with Crippen LogP contribution in [0.1, 0.15) is 13.8 Å². The summed E-state index contributed by atoms with van der Waals surface area (Å²) in [7, 11) is 1.64. The van der Waals surface area contributed by atoms with Gasteiger partial charge in [-0.2, -0.15) is 0 Å². The summed E-state index contributed by atoms with van der Waals surface area (Å²) in [6, 6.07) is 17.7. The number of nitrogens with zero attached hydrogens (tertiary/aromatic N) is 1. The molecular formula is C18H23NO2S2Si. The minimum absolute atomic E-state index is 0.191. The van der Waals surface area contributed by atoms with E-state index in [-0.39, 0.29) is 10.6 Å². The third-order valence-corrected chi connectivity index (χ3v) is 13.5. The lowest BCUT2D eigenvalue weighted by atomic mass is 10.3. The van der Waals surface area contributed by atoms with Crippen LogP contribution in [0.4, 0.5) is 5.69 Å². The molecule has 1 unspecified atom stereocenters. The standard InChI is InChI=1S/C18H23NO2S2Si/c1-14(2)18(24(3,4)15-10-6-5-7-11-15)23-22-17-13-9-8-12-16(17)19(20)21/h5-14,18H,1-4H3. The van der Waals surface area contributed by atoms with Gasteiger partial charge in [0.25, 0.3) is 5.69 Å². The first-order valence-corrected chi connectivity index (χ1v) is 13.3. The molecule has 2 aromatic rings. The summed E-state index contributed by atoms with van der Waals surface area (Å²) in [4.78, 5) is 12.1. The Morgan fingerprint density at radius 2 is 1.58 bits per heavy atom. The molecule has 2 aromatic carbocycles. The first kappa shape index (κ1) is 19.1. The predicted octanol–water partition coefficient (Wildman–Crippen LogP) is 5.51. The van der Waals surface area contributed by atoms with E-state index in [4.69, 9.17) is 0 Å². The Hall–Kier alpha value is -1.24. The van der Waals surface area contributed by atoms with Crippen molar-refractivity contribution in [2.24, 2.45) is 5.92 Å². The average molecular weight is 378 g/mol. The maximum Gasteiger partial charge on any atom is 0.283 e. The van der Waals surface area contributed by atoms with E-state index in [1.807, 2.05) is 18.2 Å². The van der Waals surface area contributed by atoms with Gasteiger partial charge in [-0.1, -0.05) is 96.2 Å². The number of nitro groups is 1. The van der Waals surface area contributed by atoms with Gasteiger partial charge in [-0.25, -0.2) is 0 Å². The van der Waals surface area contributed by atoms with Crippen molar-refractivity contribution >= 4 is 40.5 Å². The van der Waals surface area contributed by atoms with Gasteiger partial charge in [0, 0.05) is 10.9 Å². The Bertz CT molecular complexity index is 692. The SMILES string of the molecule is CC(C)C(SSc1ccccc1[N+](=O)[O-])[Si](C)(C)c1ccccc1. The fourth-order valence-electron chi connectivity index (χ4n) is 2.88. The molecule has 0 spiro atoms. The topological polar surface area (TPSA) is 43.1 Å². The lowest BCUT2D eigenvalue weighted by molar-refractivity contribution is -0.387. The zero-order valence-electron chi connectivity index (χ0n) is 14.4. The van der Waals surface area contributed by atoms with Crippen molar-refractivity contribution in [2.45, 2.75) is 36.7 Å². The molecule has 6 heteroatoms. The molecule has 0 aliphatic carbocycles. The van der Waals surface area contributed by atoms with Crippen LogP contribution in [0, 0.1) is 16.0 Å². The van der Waals surface area contributed by atoms with Gasteiger partial charge < -0.3 is 0 Å². The average Bonchev–Trinajstić information content (AvgIpc) is 2.55. The Morgan fingerprint density at radius 3 is 2.17 bits per heavy atom. The molecule has 0 amide bonds. The molecule has 128 valence electrons. The summed E-state index contributed by atoms with van der Waals surface area (Å²) in [5, 5.41) is 12.6. The zero-order chi connectivity index (χ0) is 17.7. The minimum atomic E-state index is -1.70. The molecule has 0 saturated carbocycles. The van der Waals surface area contributed by atoms with Crippen LogP contribution in [0.2, 0.25) is 13.1 Å². The molecule has 0 aromatic heterocycles. The third kappa shape index (κ3) is 4.43. The molecule has 1 atom stereocenters. The lowest BCUT2D eigenvalue weighted by Gasteiger charge is -2.35. The fourth-order valence-corrected chi connectivity index (χ4v) is 12.4. The van der Waals surface area contributed by atoms with E-state index in [2.05, 4.69) is 51.2 Å². The van der Waals surface area contributed by atoms with Crippen molar-refractivity contribution in [1.29, 1.82) is 0 Å². The molecule has 0 bridgehead atoms. The maximum atomic E-state index is 11.2. The smallest absolute Gasteiger partial charge is 0.258 e. The van der Waals surface area contributed by atoms with Crippen LogP contribution in [0.15, 0.2) is 59.5 Å². The van der Waals surface area contributed by atoms with Crippen LogP contribution in [0.3, 0.4) is 0 Å². The first-order valence-electron chi connectivity index (χ1n) is 7.96. The summed E-state index contributed by atoms with van der Waals surface area (Å²) >= 11 is 0. The summed E-state index contributed by atoms with van der Waals surface area (Å²) in [6.07, 6.45) is 0. The quantitative estimate of drug-likeness (QED) is 0.276. The van der Waals surface area contributed by atoms with Crippen LogP contribution in [-0.4, -0.2) is 17.9 Å². The Kier molecular flexibility index (Phi) is 6.54. The van der Waals surface area contributed by atoms with E-state index in [0.29, 0.717) is 10.8 Å². The highest BCUT2D eigenvalue weighted by Gasteiger charge is 2.36. The highest BCUT2D eigenvalue weighted by atomic mass is 33.1. The van der Waals surface area contributed by atoms with E-state index in [9.17, 15) is 10.1 Å². The number of rotatable bonds is 7. The molecule has 0 fully saturated rings. The van der Waals surface area contributed by atoms with Gasteiger partial charge in [0.15, 0.2) is 0 Å². The number of nitro benzene ring substituents is 1. The second-order valence-corrected chi connectivity index (χ2v) is 14.1. The van der Waals surface area contributed by atoms with E-state index in [1.54, 1.807) is 33.7 Å². The summed E-state index contributed by atoms with van der Waals surface area (Å²) < 4.78 is 0. The van der Waals surface area contributed by atoms with E-state index in [1.165, 1.54) is 5.19 Å². The lowest BCUT2D eigenvalue weighted by Crippen LogP contribution is -2.53. The maximum absolute atomic E-state index is 11.2. The van der Waals surface area contributed by atoms with Crippen molar-refractivity contribution in [3.63, 3.8) is 0 Å². The van der Waals surface area contributed by atoms with Crippen LogP contribution < -0.4 is 5.19 Å². The number of benzene rings is 2. The molecule has 0 N–H and O–H groups in total. The molecule has 0 aliphatic heterocycles. The van der Waals surface area contributed by atoms with Crippen LogP contribution in [0.25, 0.3) is 0 Å². The second kappa shape index (κ2) is 8.23. The highest BCUT2D eigenvalue weighted by molar-refractivity contribution is 8.77. The first-order chi connectivity index (χ1) is 11.3. The van der Waals surface area contributed by atoms with Crippen LogP contribution in [0.5, 0.6) is 0 Å². The molecule has 24 heavy (non-hydrogen) atoms. The summed E-state index contributed by atoms with van der Waals surface area (Å²) in [5.74, 6) is 0.507. The van der Waals surface area contributed by atoms with Crippen molar-refractivity contribution in [3.05, 3.63) is 64.7 Å². The zero-order valence-corrected chi connectivity index (χ0v) is 17.1. The molecule has 0 radical (unpaired) electrons. The Labute approximate surface area is 152 Å². The number of para-hydroxylation sites is 1. The molecule has 0 saturated heterocycles. The number of hydrogen-bond donors (Lipinski definition) is 0. The van der Waals surface area contributed by atoms with Gasteiger partial charge in [-0.3, -0.25) is 10.1 Å². The van der Waals surface area contributed by atoms with Gasteiger partial charge in [0.1, 0.15) is 0 Å². The van der Waals surface area contributed by atoms with Crippen molar-refractivity contribution in [2.75, 3.05) is 0 Å². The predicted molar refractivity (Wildman–Crippen MR) is 109 cm³/mol. The largest absolute Gasteiger partial charge is 0.283 e. The van der Waals surface area contributed by atoms with Gasteiger partial charge in [-0.05, 0) is 12.0 Å². The Balaban J connectivity index is 2.23. The van der Waals surface area contributed by atoms with Crippen molar-refractivity contribution < 1.29 is 4.92 Å². The van der Waals surface area contributed by atoms with E-state index < -0.39 is 8.07 Å². The van der Waals surface area contributed by atoms with E-state index in [0.717, 1.165) is 4.90 Å². The normalized spacial score (nSPS) is 13.0. The monoisotopic (exact) mass is 377 g/mol. The van der Waals surface area contributed by atoms with Gasteiger partial charge in [0.2, 0.25) is 0 Å². The molecular weight excluding hydrogens is 354 g/mol. The van der Waals surface area contributed by atoms with Gasteiger partial charge >= 0.3 is 0 Å². The molecule has 3 nitrogen and oxygen atoms in total. The van der Waals surface area contributed by atoms with Crippen molar-refractivity contribution in [3.8, 4) is 0 Å². The van der Waals surface area contributed by atoms with Crippen LogP contribution >= 0.6 is 21.6 Å². The molecule has 2 rings (SSSR count). The highest BCUT2D eigenvalue weighted by Crippen LogP contribution is 2.44. The van der Waals surface area contributed by atoms with E-state index >= 15 is 0 Å². The Morgan fingerprint density at radius 1 is 1.00 bits per heavy atom. The summed E-state index contributed by atoms with van der Waals surface area (Å²) in [6.45, 7) is 9.27. The fraction of sp³-hybridized carbons (Fsp3) is 0.333. The second-order valence-electron chi connectivity index (χ2n) is 6.66. The minimum Gasteiger partial charge on any atom is -0.258 e. The number of hydrogen-bond acceptors (Lipinski definition) is 4. The third-order valence-electron chi connectivity index (χ3n) is 4.14. The van der Waals surface area contributed by atoms with Gasteiger partial charge in [0.05, 0.1) is 17.9 Å². The van der Waals surface area contributed by atoms with Crippen LogP contribution in [-0.2, 0) is 0 Å². The van der Waals surface area contributed by atoms with Gasteiger partial charge in [-0.15, -0.1) is 0 Å². The molecule has 0 aliphatic rings. The van der Waals surface area contributed by atoms with Crippen molar-refractivity contribution in [1.82, 2.24) is 0 Å². The molecule has 0 heterocycles. The summed E-state index contributed by atoms with van der Waals surface area (Å²) in [5.41, 5.74) is 0.191.